The zero-order chi connectivity index (χ0) is 13.6. The SMILES string of the molecule is CNCCCN(C)C1CCCC(C(C)(C)C)CC1. The fourth-order valence-electron chi connectivity index (χ4n) is 3.28. The standard InChI is InChI=1S/C16H34N2/c1-16(2,3)14-8-6-9-15(11-10-14)18(5)13-7-12-17-4/h14-15,17H,6-13H2,1-5H3. The average molecular weight is 254 g/mol. The van der Waals surface area contributed by atoms with E-state index in [1.54, 1.807) is 0 Å². The molecule has 2 unspecified atom stereocenters. The van der Waals surface area contributed by atoms with Crippen LogP contribution in [0.25, 0.3) is 0 Å². The lowest BCUT2D eigenvalue weighted by atomic mass is 9.76. The fourth-order valence-corrected chi connectivity index (χ4v) is 3.28. The Morgan fingerprint density at radius 1 is 1.11 bits per heavy atom. The van der Waals surface area contributed by atoms with Crippen LogP contribution in [0.4, 0.5) is 0 Å². The molecule has 2 nitrogen and oxygen atoms in total. The number of nitrogens with one attached hydrogen (secondary N) is 1. The zero-order valence-corrected chi connectivity index (χ0v) is 13.3. The summed E-state index contributed by atoms with van der Waals surface area (Å²) < 4.78 is 0. The van der Waals surface area contributed by atoms with E-state index >= 15 is 0 Å². The maximum absolute atomic E-state index is 3.24. The number of hydrogen-bond acceptors (Lipinski definition) is 2. The molecule has 0 aromatic rings. The molecule has 0 amide bonds. The molecule has 0 radical (unpaired) electrons. The first-order chi connectivity index (χ1) is 8.45. The van der Waals surface area contributed by atoms with E-state index in [4.69, 9.17) is 0 Å². The second-order valence-electron chi connectivity index (χ2n) is 7.16. The molecule has 1 rings (SSSR count). The van der Waals surface area contributed by atoms with E-state index in [0.29, 0.717) is 5.41 Å². The normalized spacial score (nSPS) is 26.3. The van der Waals surface area contributed by atoms with Gasteiger partial charge in [0, 0.05) is 6.04 Å². The Labute approximate surface area is 115 Å². The van der Waals surface area contributed by atoms with Crippen molar-refractivity contribution in [2.75, 3.05) is 27.2 Å². The molecule has 0 saturated heterocycles. The van der Waals surface area contributed by atoms with Crippen molar-refractivity contribution in [2.45, 2.75) is 65.3 Å². The van der Waals surface area contributed by atoms with Crippen LogP contribution in [0.1, 0.15) is 59.3 Å². The molecule has 0 heterocycles. The molecular weight excluding hydrogens is 220 g/mol. The molecular formula is C16H34N2. The van der Waals surface area contributed by atoms with Gasteiger partial charge >= 0.3 is 0 Å². The van der Waals surface area contributed by atoms with Crippen molar-refractivity contribution in [1.82, 2.24) is 10.2 Å². The Bertz CT molecular complexity index is 220. The van der Waals surface area contributed by atoms with E-state index in [-0.39, 0.29) is 0 Å². The van der Waals surface area contributed by atoms with E-state index in [1.807, 2.05) is 7.05 Å². The Morgan fingerprint density at radius 2 is 1.83 bits per heavy atom. The lowest BCUT2D eigenvalue weighted by Crippen LogP contribution is -2.33. The molecule has 108 valence electrons. The van der Waals surface area contributed by atoms with Gasteiger partial charge in [-0.1, -0.05) is 27.2 Å². The summed E-state index contributed by atoms with van der Waals surface area (Å²) in [7, 11) is 4.36. The highest BCUT2D eigenvalue weighted by Crippen LogP contribution is 2.37. The predicted octanol–water partition coefficient (Wildman–Crippen LogP) is 3.52. The summed E-state index contributed by atoms with van der Waals surface area (Å²) in [6.45, 7) is 9.62. The first-order valence-electron chi connectivity index (χ1n) is 7.80. The third-order valence-corrected chi connectivity index (χ3v) is 4.72. The maximum Gasteiger partial charge on any atom is 0.00923 e. The van der Waals surface area contributed by atoms with E-state index < -0.39 is 0 Å². The summed E-state index contributed by atoms with van der Waals surface area (Å²) in [6, 6.07) is 0.828. The molecule has 0 aromatic heterocycles. The Hall–Kier alpha value is -0.0800. The van der Waals surface area contributed by atoms with Crippen LogP contribution in [0, 0.1) is 11.3 Å². The minimum atomic E-state index is 0.500. The van der Waals surface area contributed by atoms with E-state index in [9.17, 15) is 0 Å². The molecule has 0 aromatic carbocycles. The molecule has 1 saturated carbocycles. The molecule has 1 aliphatic rings. The summed E-state index contributed by atoms with van der Waals surface area (Å²) in [6.07, 6.45) is 8.35. The van der Waals surface area contributed by atoms with Gasteiger partial charge in [0.1, 0.15) is 0 Å². The van der Waals surface area contributed by atoms with Crippen LogP contribution in [-0.4, -0.2) is 38.1 Å². The fraction of sp³-hybridized carbons (Fsp3) is 1.00. The second-order valence-corrected chi connectivity index (χ2v) is 7.16. The predicted molar refractivity (Wildman–Crippen MR) is 81.0 cm³/mol. The van der Waals surface area contributed by atoms with Crippen molar-refractivity contribution in [3.8, 4) is 0 Å². The summed E-state index contributed by atoms with van der Waals surface area (Å²) in [4.78, 5) is 2.60. The highest BCUT2D eigenvalue weighted by molar-refractivity contribution is 4.81. The van der Waals surface area contributed by atoms with Gasteiger partial charge in [0.25, 0.3) is 0 Å². The summed E-state index contributed by atoms with van der Waals surface area (Å²) in [5.41, 5.74) is 0.500. The van der Waals surface area contributed by atoms with Crippen LogP contribution in [0.3, 0.4) is 0 Å². The van der Waals surface area contributed by atoms with Gasteiger partial charge in [0.2, 0.25) is 0 Å². The number of hydrogen-bond donors (Lipinski definition) is 1. The minimum Gasteiger partial charge on any atom is -0.320 e. The van der Waals surface area contributed by atoms with Crippen LogP contribution in [0.5, 0.6) is 0 Å². The highest BCUT2D eigenvalue weighted by Gasteiger charge is 2.28. The van der Waals surface area contributed by atoms with Crippen LogP contribution < -0.4 is 5.32 Å². The Balaban J connectivity index is 2.36. The second kappa shape index (κ2) is 7.49. The summed E-state index contributed by atoms with van der Waals surface area (Å²) >= 11 is 0. The third-order valence-electron chi connectivity index (χ3n) is 4.72. The average Bonchev–Trinajstić information content (AvgIpc) is 2.54. The summed E-state index contributed by atoms with van der Waals surface area (Å²) in [5.74, 6) is 0.924. The first kappa shape index (κ1) is 16.0. The van der Waals surface area contributed by atoms with Crippen molar-refractivity contribution in [3.63, 3.8) is 0 Å². The topological polar surface area (TPSA) is 15.3 Å². The quantitative estimate of drug-likeness (QED) is 0.596. The van der Waals surface area contributed by atoms with Gasteiger partial charge in [-0.3, -0.25) is 0 Å². The number of rotatable bonds is 5. The van der Waals surface area contributed by atoms with Crippen molar-refractivity contribution < 1.29 is 0 Å². The van der Waals surface area contributed by atoms with Gasteiger partial charge in [0.15, 0.2) is 0 Å². The van der Waals surface area contributed by atoms with Gasteiger partial charge < -0.3 is 10.2 Å². The molecule has 2 heteroatoms. The van der Waals surface area contributed by atoms with Crippen LogP contribution >= 0.6 is 0 Å². The van der Waals surface area contributed by atoms with Gasteiger partial charge in [-0.2, -0.15) is 0 Å². The van der Waals surface area contributed by atoms with Crippen molar-refractivity contribution in [1.29, 1.82) is 0 Å². The Kier molecular flexibility index (Phi) is 6.65. The smallest absolute Gasteiger partial charge is 0.00923 e. The van der Waals surface area contributed by atoms with E-state index in [2.05, 4.69) is 38.0 Å². The molecule has 1 fully saturated rings. The lowest BCUT2D eigenvalue weighted by Gasteiger charge is -2.30. The molecule has 0 spiro atoms. The largest absolute Gasteiger partial charge is 0.320 e. The molecule has 1 aliphatic carbocycles. The van der Waals surface area contributed by atoms with Gasteiger partial charge in [-0.25, -0.2) is 0 Å². The first-order valence-corrected chi connectivity index (χ1v) is 7.80. The zero-order valence-electron chi connectivity index (χ0n) is 13.3. The van der Waals surface area contributed by atoms with Crippen molar-refractivity contribution in [3.05, 3.63) is 0 Å². The van der Waals surface area contributed by atoms with Crippen molar-refractivity contribution >= 4 is 0 Å². The Morgan fingerprint density at radius 3 is 2.44 bits per heavy atom. The highest BCUT2D eigenvalue weighted by atomic mass is 15.1. The van der Waals surface area contributed by atoms with Gasteiger partial charge in [-0.05, 0) is 70.6 Å². The van der Waals surface area contributed by atoms with E-state index in [0.717, 1.165) is 18.5 Å². The van der Waals surface area contributed by atoms with Gasteiger partial charge in [0.05, 0.1) is 0 Å². The number of nitrogens with zero attached hydrogens (tertiary/aromatic N) is 1. The van der Waals surface area contributed by atoms with Crippen LogP contribution in [0.2, 0.25) is 0 Å². The van der Waals surface area contributed by atoms with Crippen LogP contribution in [-0.2, 0) is 0 Å². The van der Waals surface area contributed by atoms with E-state index in [1.165, 1.54) is 45.1 Å². The molecule has 18 heavy (non-hydrogen) atoms. The summed E-state index contributed by atoms with van der Waals surface area (Å²) in [5, 5.41) is 3.24. The van der Waals surface area contributed by atoms with Crippen molar-refractivity contribution in [2.24, 2.45) is 11.3 Å². The van der Waals surface area contributed by atoms with Crippen LogP contribution in [0.15, 0.2) is 0 Å². The minimum absolute atomic E-state index is 0.500. The third kappa shape index (κ3) is 5.27. The molecule has 0 bridgehead atoms. The molecule has 0 aliphatic heterocycles. The maximum atomic E-state index is 3.24. The van der Waals surface area contributed by atoms with Gasteiger partial charge in [-0.15, -0.1) is 0 Å². The molecule has 1 N–H and O–H groups in total. The lowest BCUT2D eigenvalue weighted by molar-refractivity contribution is 0.194. The monoisotopic (exact) mass is 254 g/mol. The molecule has 2 atom stereocenters.